The van der Waals surface area contributed by atoms with Crippen LogP contribution < -0.4 is 14.8 Å². The summed E-state index contributed by atoms with van der Waals surface area (Å²) in [6.07, 6.45) is 1.64. The number of amides is 1. The Balaban J connectivity index is 1.81. The Morgan fingerprint density at radius 3 is 2.62 bits per heavy atom. The third-order valence-corrected chi connectivity index (χ3v) is 4.16. The first-order chi connectivity index (χ1) is 11.7. The highest BCUT2D eigenvalue weighted by atomic mass is 32.1. The van der Waals surface area contributed by atoms with Crippen LogP contribution in [0.25, 0.3) is 11.3 Å². The van der Waals surface area contributed by atoms with E-state index < -0.39 is 0 Å². The molecule has 2 heterocycles. The molecular weight excluding hydrogens is 324 g/mol. The molecule has 6 heteroatoms. The first-order valence-electron chi connectivity index (χ1n) is 7.23. The number of thiophene rings is 1. The van der Waals surface area contributed by atoms with Gasteiger partial charge in [-0.3, -0.25) is 9.78 Å². The van der Waals surface area contributed by atoms with Crippen molar-refractivity contribution in [1.29, 1.82) is 0 Å². The van der Waals surface area contributed by atoms with Crippen molar-refractivity contribution in [3.05, 3.63) is 58.9 Å². The van der Waals surface area contributed by atoms with Gasteiger partial charge in [0.05, 0.1) is 19.9 Å². The minimum absolute atomic E-state index is 0.207. The number of ether oxygens (including phenoxy) is 2. The molecule has 0 fully saturated rings. The Morgan fingerprint density at radius 1 is 1.08 bits per heavy atom. The Bertz CT molecular complexity index is 847. The zero-order valence-corrected chi connectivity index (χ0v) is 14.1. The van der Waals surface area contributed by atoms with Crippen molar-refractivity contribution in [3.63, 3.8) is 0 Å². The zero-order chi connectivity index (χ0) is 16.9. The van der Waals surface area contributed by atoms with Crippen molar-refractivity contribution < 1.29 is 14.3 Å². The lowest BCUT2D eigenvalue weighted by atomic mass is 10.1. The van der Waals surface area contributed by atoms with E-state index in [2.05, 4.69) is 10.3 Å². The van der Waals surface area contributed by atoms with Crippen LogP contribution in [0.5, 0.6) is 11.5 Å². The van der Waals surface area contributed by atoms with Crippen LogP contribution in [0.15, 0.2) is 53.4 Å². The van der Waals surface area contributed by atoms with Crippen LogP contribution in [-0.4, -0.2) is 25.1 Å². The highest BCUT2D eigenvalue weighted by Gasteiger charge is 2.11. The number of nitrogens with zero attached hydrogens (tertiary/aromatic N) is 1. The van der Waals surface area contributed by atoms with Crippen LogP contribution in [0.4, 0.5) is 5.69 Å². The lowest BCUT2D eigenvalue weighted by Gasteiger charge is -2.11. The molecule has 0 atom stereocenters. The van der Waals surface area contributed by atoms with Crippen molar-refractivity contribution in [3.8, 4) is 22.8 Å². The molecule has 0 aliphatic rings. The van der Waals surface area contributed by atoms with Gasteiger partial charge in [-0.05, 0) is 35.7 Å². The van der Waals surface area contributed by atoms with E-state index in [1.807, 2.05) is 16.8 Å². The number of methoxy groups -OCH3 is 2. The van der Waals surface area contributed by atoms with Crippen molar-refractivity contribution in [2.75, 3.05) is 19.5 Å². The number of carbonyl (C=O) groups is 1. The van der Waals surface area contributed by atoms with Crippen molar-refractivity contribution in [1.82, 2.24) is 4.98 Å². The minimum atomic E-state index is -0.207. The molecule has 2 aromatic heterocycles. The molecule has 0 unspecified atom stereocenters. The fourth-order valence-electron chi connectivity index (χ4n) is 2.26. The molecule has 0 bridgehead atoms. The molecule has 24 heavy (non-hydrogen) atoms. The number of hydrogen-bond acceptors (Lipinski definition) is 5. The van der Waals surface area contributed by atoms with E-state index in [4.69, 9.17) is 9.47 Å². The molecule has 3 aromatic rings. The number of nitrogens with one attached hydrogen (secondary N) is 1. The Morgan fingerprint density at radius 2 is 1.92 bits per heavy atom. The summed E-state index contributed by atoms with van der Waals surface area (Å²) in [5.41, 5.74) is 2.95. The highest BCUT2D eigenvalue weighted by Crippen LogP contribution is 2.30. The van der Waals surface area contributed by atoms with Gasteiger partial charge in [0.1, 0.15) is 0 Å². The Labute approximate surface area is 143 Å². The van der Waals surface area contributed by atoms with Gasteiger partial charge in [-0.1, -0.05) is 0 Å². The quantitative estimate of drug-likeness (QED) is 0.760. The second kappa shape index (κ2) is 7.14. The van der Waals surface area contributed by atoms with Crippen LogP contribution in [-0.2, 0) is 0 Å². The summed E-state index contributed by atoms with van der Waals surface area (Å²) in [6.45, 7) is 0. The average molecular weight is 340 g/mol. The van der Waals surface area contributed by atoms with Gasteiger partial charge in [-0.2, -0.15) is 11.3 Å². The molecule has 122 valence electrons. The van der Waals surface area contributed by atoms with E-state index in [-0.39, 0.29) is 5.91 Å². The smallest absolute Gasteiger partial charge is 0.255 e. The van der Waals surface area contributed by atoms with Gasteiger partial charge in [0.15, 0.2) is 11.5 Å². The molecule has 3 rings (SSSR count). The van der Waals surface area contributed by atoms with Crippen LogP contribution in [0.3, 0.4) is 0 Å². The van der Waals surface area contributed by atoms with Crippen LogP contribution in [0.1, 0.15) is 10.4 Å². The van der Waals surface area contributed by atoms with Crippen LogP contribution in [0.2, 0.25) is 0 Å². The third-order valence-electron chi connectivity index (χ3n) is 3.48. The van der Waals surface area contributed by atoms with Gasteiger partial charge < -0.3 is 14.8 Å². The van der Waals surface area contributed by atoms with Gasteiger partial charge >= 0.3 is 0 Å². The number of carbonyl (C=O) groups excluding carboxylic acids is 1. The lowest BCUT2D eigenvalue weighted by molar-refractivity contribution is 0.102. The molecule has 1 aromatic carbocycles. The van der Waals surface area contributed by atoms with Crippen molar-refractivity contribution in [2.45, 2.75) is 0 Å². The molecule has 0 saturated carbocycles. The fraction of sp³-hybridized carbons (Fsp3) is 0.111. The van der Waals surface area contributed by atoms with E-state index in [9.17, 15) is 4.79 Å². The summed E-state index contributed by atoms with van der Waals surface area (Å²) in [6, 6.07) is 10.7. The molecule has 0 saturated heterocycles. The van der Waals surface area contributed by atoms with E-state index in [1.165, 1.54) is 0 Å². The fourth-order valence-corrected chi connectivity index (χ4v) is 2.91. The average Bonchev–Trinajstić information content (AvgIpc) is 3.16. The summed E-state index contributed by atoms with van der Waals surface area (Å²) in [4.78, 5) is 16.8. The SMILES string of the molecule is COc1ccc(NC(=O)c2ccnc(-c3ccsc3)c2)cc1OC. The van der Waals surface area contributed by atoms with E-state index in [1.54, 1.807) is 62.1 Å². The molecule has 1 N–H and O–H groups in total. The highest BCUT2D eigenvalue weighted by molar-refractivity contribution is 7.08. The Kier molecular flexibility index (Phi) is 4.77. The lowest BCUT2D eigenvalue weighted by Crippen LogP contribution is -2.12. The molecule has 0 spiro atoms. The van der Waals surface area contributed by atoms with Gasteiger partial charge in [0.25, 0.3) is 5.91 Å². The predicted molar refractivity (Wildman–Crippen MR) is 95.0 cm³/mol. The number of anilines is 1. The number of hydrogen-bond donors (Lipinski definition) is 1. The van der Waals surface area contributed by atoms with Gasteiger partial charge in [0.2, 0.25) is 0 Å². The largest absolute Gasteiger partial charge is 0.493 e. The second-order valence-corrected chi connectivity index (χ2v) is 5.75. The number of rotatable bonds is 5. The van der Waals surface area contributed by atoms with Crippen LogP contribution >= 0.6 is 11.3 Å². The van der Waals surface area contributed by atoms with Crippen molar-refractivity contribution in [2.24, 2.45) is 0 Å². The van der Waals surface area contributed by atoms with Gasteiger partial charge in [-0.25, -0.2) is 0 Å². The minimum Gasteiger partial charge on any atom is -0.493 e. The van der Waals surface area contributed by atoms with Crippen molar-refractivity contribution >= 4 is 22.9 Å². The molecule has 0 radical (unpaired) electrons. The monoisotopic (exact) mass is 340 g/mol. The Hall–Kier alpha value is -2.86. The number of pyridine rings is 1. The maximum absolute atomic E-state index is 12.5. The standard InChI is InChI=1S/C18H16N2O3S/c1-22-16-4-3-14(10-17(16)23-2)20-18(21)12-5-7-19-15(9-12)13-6-8-24-11-13/h3-11H,1-2H3,(H,20,21). The summed E-state index contributed by atoms with van der Waals surface area (Å²) in [5, 5.41) is 6.84. The first kappa shape index (κ1) is 16.0. The topological polar surface area (TPSA) is 60.5 Å². The second-order valence-electron chi connectivity index (χ2n) is 4.97. The number of aromatic nitrogens is 1. The molecule has 5 nitrogen and oxygen atoms in total. The zero-order valence-electron chi connectivity index (χ0n) is 13.3. The van der Waals surface area contributed by atoms with E-state index in [0.29, 0.717) is 22.7 Å². The molecular formula is C18H16N2O3S. The summed E-state index contributed by atoms with van der Waals surface area (Å²) in [5.74, 6) is 0.962. The third kappa shape index (κ3) is 3.38. The van der Waals surface area contributed by atoms with Crippen LogP contribution in [0, 0.1) is 0 Å². The maximum atomic E-state index is 12.5. The summed E-state index contributed by atoms with van der Waals surface area (Å²) >= 11 is 1.59. The van der Waals surface area contributed by atoms with Gasteiger partial charge in [0, 0.05) is 34.5 Å². The van der Waals surface area contributed by atoms with Gasteiger partial charge in [-0.15, -0.1) is 0 Å². The summed E-state index contributed by atoms with van der Waals surface area (Å²) < 4.78 is 10.4. The van der Waals surface area contributed by atoms with E-state index in [0.717, 1.165) is 11.3 Å². The molecule has 0 aliphatic carbocycles. The normalized spacial score (nSPS) is 10.2. The molecule has 1 amide bonds. The first-order valence-corrected chi connectivity index (χ1v) is 8.17. The van der Waals surface area contributed by atoms with E-state index >= 15 is 0 Å². The number of benzene rings is 1. The maximum Gasteiger partial charge on any atom is 0.255 e. The molecule has 0 aliphatic heterocycles. The predicted octanol–water partition coefficient (Wildman–Crippen LogP) is 4.08. The summed E-state index contributed by atoms with van der Waals surface area (Å²) in [7, 11) is 3.12.